The van der Waals surface area contributed by atoms with Crippen LogP contribution in [0.1, 0.15) is 15.9 Å². The van der Waals surface area contributed by atoms with Crippen LogP contribution in [0.4, 0.5) is 5.13 Å². The van der Waals surface area contributed by atoms with Crippen LogP contribution >= 0.6 is 27.3 Å². The van der Waals surface area contributed by atoms with Crippen LogP contribution in [0.5, 0.6) is 0 Å². The summed E-state index contributed by atoms with van der Waals surface area (Å²) in [5.41, 5.74) is 2.12. The van der Waals surface area contributed by atoms with Crippen LogP contribution in [-0.2, 0) is 16.6 Å². The van der Waals surface area contributed by atoms with Crippen LogP contribution in [0, 0.1) is 0 Å². The summed E-state index contributed by atoms with van der Waals surface area (Å²) < 4.78 is 29.4. The molecule has 0 aliphatic carbocycles. The van der Waals surface area contributed by atoms with Gasteiger partial charge in [-0.3, -0.25) is 9.69 Å². The zero-order valence-corrected chi connectivity index (χ0v) is 23.5. The van der Waals surface area contributed by atoms with E-state index in [0.717, 1.165) is 20.3 Å². The van der Waals surface area contributed by atoms with Crippen molar-refractivity contribution >= 4 is 58.5 Å². The Bertz CT molecular complexity index is 1460. The number of benzene rings is 3. The number of nitrogens with zero attached hydrogens (tertiary/aromatic N) is 4. The molecule has 0 N–H and O–H groups in total. The lowest BCUT2D eigenvalue weighted by molar-refractivity contribution is 0.0985. The normalized spacial score (nSPS) is 11.9. The number of rotatable bonds is 9. The second-order valence-corrected chi connectivity index (χ2v) is 12.6. The minimum Gasteiger partial charge on any atom is -0.308 e. The van der Waals surface area contributed by atoms with E-state index in [-0.39, 0.29) is 17.3 Å². The third kappa shape index (κ3) is 6.01. The average molecular weight is 588 g/mol. The van der Waals surface area contributed by atoms with Gasteiger partial charge in [0.1, 0.15) is 0 Å². The molecular weight excluding hydrogens is 560 g/mol. The molecule has 0 bridgehead atoms. The number of halogens is 1. The van der Waals surface area contributed by atoms with Gasteiger partial charge in [-0.15, -0.1) is 0 Å². The van der Waals surface area contributed by atoms with Crippen molar-refractivity contribution < 1.29 is 13.2 Å². The molecule has 0 unspecified atom stereocenters. The molecule has 188 valence electrons. The number of amides is 1. The molecule has 0 aliphatic rings. The van der Waals surface area contributed by atoms with Gasteiger partial charge in [0.2, 0.25) is 10.0 Å². The van der Waals surface area contributed by atoms with E-state index in [1.54, 1.807) is 24.1 Å². The maximum absolute atomic E-state index is 13.5. The lowest BCUT2D eigenvalue weighted by Gasteiger charge is -2.22. The van der Waals surface area contributed by atoms with Crippen LogP contribution in [0.15, 0.2) is 82.2 Å². The molecule has 4 aromatic rings. The minimum absolute atomic E-state index is 0.141. The molecule has 0 fully saturated rings. The Morgan fingerprint density at radius 1 is 0.944 bits per heavy atom. The second kappa shape index (κ2) is 11.2. The fourth-order valence-corrected chi connectivity index (χ4v) is 6.32. The second-order valence-electron chi connectivity index (χ2n) is 8.64. The smallest absolute Gasteiger partial charge is 0.260 e. The summed E-state index contributed by atoms with van der Waals surface area (Å²) in [5, 5.41) is 0.606. The summed E-state index contributed by atoms with van der Waals surface area (Å²) in [4.78, 5) is 22.0. The van der Waals surface area contributed by atoms with Gasteiger partial charge in [-0.2, -0.15) is 4.31 Å². The molecule has 36 heavy (non-hydrogen) atoms. The van der Waals surface area contributed by atoms with Gasteiger partial charge in [-0.05, 0) is 62.1 Å². The average Bonchev–Trinajstić information content (AvgIpc) is 3.27. The van der Waals surface area contributed by atoms with E-state index in [0.29, 0.717) is 23.8 Å². The molecule has 10 heteroatoms. The highest BCUT2D eigenvalue weighted by atomic mass is 79.9. The summed E-state index contributed by atoms with van der Waals surface area (Å²) in [6.07, 6.45) is 0. The molecule has 1 heterocycles. The van der Waals surface area contributed by atoms with Gasteiger partial charge in [0.15, 0.2) is 5.13 Å². The molecule has 0 atom stereocenters. The predicted molar refractivity (Wildman–Crippen MR) is 149 cm³/mol. The standard InChI is InChI=1S/C26H27BrN4O3S2/c1-29(2)15-16-31(26-28-23-14-11-21(27)17-24(23)35-26)25(32)20-9-12-22(13-10-20)36(33,34)30(3)18-19-7-5-4-6-8-19/h4-14,17H,15-16,18H2,1-3H3. The first-order valence-corrected chi connectivity index (χ1v) is 14.3. The van der Waals surface area contributed by atoms with E-state index in [2.05, 4.69) is 20.9 Å². The maximum atomic E-state index is 13.5. The van der Waals surface area contributed by atoms with Gasteiger partial charge in [-0.25, -0.2) is 13.4 Å². The summed E-state index contributed by atoms with van der Waals surface area (Å²) in [5.74, 6) is -0.225. The van der Waals surface area contributed by atoms with Crippen molar-refractivity contribution in [2.45, 2.75) is 11.4 Å². The van der Waals surface area contributed by atoms with Crippen molar-refractivity contribution in [2.24, 2.45) is 0 Å². The molecule has 0 radical (unpaired) electrons. The van der Waals surface area contributed by atoms with Crippen LogP contribution in [-0.4, -0.2) is 62.7 Å². The van der Waals surface area contributed by atoms with Crippen LogP contribution in [0.25, 0.3) is 10.2 Å². The molecule has 4 rings (SSSR count). The van der Waals surface area contributed by atoms with E-state index in [4.69, 9.17) is 0 Å². The van der Waals surface area contributed by atoms with E-state index in [9.17, 15) is 13.2 Å². The van der Waals surface area contributed by atoms with Gasteiger partial charge in [0.05, 0.1) is 15.1 Å². The maximum Gasteiger partial charge on any atom is 0.260 e. The molecule has 0 saturated heterocycles. The number of thiazole rings is 1. The van der Waals surface area contributed by atoms with Gasteiger partial charge in [0.25, 0.3) is 5.91 Å². The van der Waals surface area contributed by atoms with Gasteiger partial charge >= 0.3 is 0 Å². The number of carbonyl (C=O) groups excluding carboxylic acids is 1. The Labute approximate surface area is 224 Å². The Kier molecular flexibility index (Phi) is 8.21. The summed E-state index contributed by atoms with van der Waals surface area (Å²) in [7, 11) is 1.74. The third-order valence-electron chi connectivity index (χ3n) is 5.64. The monoisotopic (exact) mass is 586 g/mol. The fourth-order valence-electron chi connectivity index (χ4n) is 3.62. The van der Waals surface area contributed by atoms with Gasteiger partial charge < -0.3 is 4.90 Å². The van der Waals surface area contributed by atoms with E-state index < -0.39 is 10.0 Å². The fraction of sp³-hybridized carbons (Fsp3) is 0.231. The highest BCUT2D eigenvalue weighted by Gasteiger charge is 2.24. The van der Waals surface area contributed by atoms with Crippen molar-refractivity contribution in [3.63, 3.8) is 0 Å². The Balaban J connectivity index is 1.58. The predicted octanol–water partition coefficient (Wildman–Crippen LogP) is 5.09. The highest BCUT2D eigenvalue weighted by molar-refractivity contribution is 9.10. The molecule has 1 amide bonds. The number of hydrogen-bond acceptors (Lipinski definition) is 6. The first-order valence-electron chi connectivity index (χ1n) is 11.3. The molecule has 0 aliphatic heterocycles. The van der Waals surface area contributed by atoms with E-state index in [1.165, 1.54) is 27.8 Å². The zero-order chi connectivity index (χ0) is 25.9. The number of fused-ring (bicyclic) bond motifs is 1. The number of aromatic nitrogens is 1. The van der Waals surface area contributed by atoms with Crippen LogP contribution in [0.3, 0.4) is 0 Å². The minimum atomic E-state index is -3.71. The van der Waals surface area contributed by atoms with E-state index in [1.807, 2.05) is 67.5 Å². The quantitative estimate of drug-likeness (QED) is 0.273. The van der Waals surface area contributed by atoms with Crippen molar-refractivity contribution in [1.82, 2.24) is 14.2 Å². The van der Waals surface area contributed by atoms with E-state index >= 15 is 0 Å². The molecule has 7 nitrogen and oxygen atoms in total. The molecule has 0 saturated carbocycles. The molecular formula is C26H27BrN4O3S2. The van der Waals surface area contributed by atoms with Gasteiger partial charge in [-0.1, -0.05) is 57.6 Å². The van der Waals surface area contributed by atoms with Crippen molar-refractivity contribution in [2.75, 3.05) is 39.1 Å². The molecule has 3 aromatic carbocycles. The largest absolute Gasteiger partial charge is 0.308 e. The topological polar surface area (TPSA) is 73.8 Å². The lowest BCUT2D eigenvalue weighted by Crippen LogP contribution is -2.36. The number of likely N-dealkylation sites (N-methyl/N-ethyl adjacent to an activating group) is 1. The highest BCUT2D eigenvalue weighted by Crippen LogP contribution is 2.32. The summed E-state index contributed by atoms with van der Waals surface area (Å²) >= 11 is 4.93. The lowest BCUT2D eigenvalue weighted by atomic mass is 10.2. The Hall–Kier alpha value is -2.63. The summed E-state index contributed by atoms with van der Waals surface area (Å²) in [6, 6.07) is 21.4. The van der Waals surface area contributed by atoms with Crippen molar-refractivity contribution in [3.05, 3.63) is 88.4 Å². The molecule has 1 aromatic heterocycles. The number of anilines is 1. The van der Waals surface area contributed by atoms with Crippen LogP contribution < -0.4 is 4.90 Å². The summed E-state index contributed by atoms with van der Waals surface area (Å²) in [6.45, 7) is 1.37. The number of hydrogen-bond donors (Lipinski definition) is 0. The number of carbonyl (C=O) groups is 1. The van der Waals surface area contributed by atoms with Crippen LogP contribution in [0.2, 0.25) is 0 Å². The van der Waals surface area contributed by atoms with Gasteiger partial charge in [0, 0.05) is 36.7 Å². The van der Waals surface area contributed by atoms with Crippen molar-refractivity contribution in [1.29, 1.82) is 0 Å². The first-order chi connectivity index (χ1) is 17.1. The van der Waals surface area contributed by atoms with Crippen molar-refractivity contribution in [3.8, 4) is 0 Å². The Morgan fingerprint density at radius 2 is 1.64 bits per heavy atom. The first kappa shape index (κ1) is 26.4. The Morgan fingerprint density at radius 3 is 2.31 bits per heavy atom. The third-order valence-corrected chi connectivity index (χ3v) is 9.00. The number of sulfonamides is 1. The molecule has 0 spiro atoms. The zero-order valence-electron chi connectivity index (χ0n) is 20.3. The SMILES string of the molecule is CN(C)CCN(C(=O)c1ccc(S(=O)(=O)N(C)Cc2ccccc2)cc1)c1nc2ccc(Br)cc2s1.